The normalized spacial score (nSPS) is 46.8. The molecular weight excluding hydrogens is 136 g/mol. The van der Waals surface area contributed by atoms with Gasteiger partial charge in [-0.05, 0) is 24.2 Å². The van der Waals surface area contributed by atoms with Crippen molar-refractivity contribution in [2.75, 3.05) is 0 Å². The van der Waals surface area contributed by atoms with Crippen molar-refractivity contribution in [3.63, 3.8) is 0 Å². The Kier molecular flexibility index (Phi) is 1.25. The molecule has 2 aliphatic rings. The predicted molar refractivity (Wildman–Crippen MR) is 44.2 cm³/mol. The second-order valence-corrected chi connectivity index (χ2v) is 4.79. The first kappa shape index (κ1) is 7.33. The maximum Gasteiger partial charge on any atom is 0.139 e. The van der Waals surface area contributed by atoms with Crippen LogP contribution in [0.25, 0.3) is 0 Å². The summed E-state index contributed by atoms with van der Waals surface area (Å²) in [5.41, 5.74) is 0.349. The van der Waals surface area contributed by atoms with E-state index in [0.717, 1.165) is 12.3 Å². The van der Waals surface area contributed by atoms with Crippen molar-refractivity contribution >= 4 is 5.78 Å². The molecule has 0 aromatic carbocycles. The fraction of sp³-hybridized carbons (Fsp3) is 0.900. The number of hydrogen-bond acceptors (Lipinski definition) is 1. The number of carbonyl (C=O) groups excluding carboxylic acids is 1. The largest absolute Gasteiger partial charge is 0.299 e. The van der Waals surface area contributed by atoms with Crippen molar-refractivity contribution in [2.45, 2.75) is 33.6 Å². The van der Waals surface area contributed by atoms with E-state index >= 15 is 0 Å². The Bertz CT molecular complexity index is 205. The summed E-state index contributed by atoms with van der Waals surface area (Å²) in [6.07, 6.45) is 2.41. The minimum atomic E-state index is 0.345. The first-order chi connectivity index (χ1) is 5.05. The summed E-state index contributed by atoms with van der Waals surface area (Å²) in [4.78, 5) is 11.6. The monoisotopic (exact) mass is 152 g/mol. The van der Waals surface area contributed by atoms with Crippen molar-refractivity contribution in [3.8, 4) is 0 Å². The fourth-order valence-electron chi connectivity index (χ4n) is 2.73. The van der Waals surface area contributed by atoms with Crippen LogP contribution in [0.5, 0.6) is 0 Å². The van der Waals surface area contributed by atoms with E-state index in [1.165, 1.54) is 6.42 Å². The van der Waals surface area contributed by atoms with Gasteiger partial charge in [0.1, 0.15) is 5.78 Å². The molecule has 0 saturated heterocycles. The zero-order valence-electron chi connectivity index (χ0n) is 7.55. The molecule has 3 atom stereocenters. The van der Waals surface area contributed by atoms with Gasteiger partial charge in [-0.2, -0.15) is 0 Å². The summed E-state index contributed by atoms with van der Waals surface area (Å²) >= 11 is 0. The van der Waals surface area contributed by atoms with E-state index in [4.69, 9.17) is 0 Å². The van der Waals surface area contributed by atoms with Gasteiger partial charge < -0.3 is 0 Å². The minimum absolute atomic E-state index is 0.345. The Morgan fingerprint density at radius 1 is 1.36 bits per heavy atom. The van der Waals surface area contributed by atoms with Gasteiger partial charge in [0.25, 0.3) is 0 Å². The molecule has 0 unspecified atom stereocenters. The molecule has 0 radical (unpaired) electrons. The summed E-state index contributed by atoms with van der Waals surface area (Å²) in [5, 5.41) is 0. The van der Waals surface area contributed by atoms with Gasteiger partial charge >= 0.3 is 0 Å². The average molecular weight is 152 g/mol. The third-order valence-corrected chi connectivity index (χ3v) is 3.75. The number of Topliss-reactive ketones (excluding diaryl/α,β-unsaturated/α-hetero) is 1. The van der Waals surface area contributed by atoms with Crippen LogP contribution in [-0.4, -0.2) is 5.78 Å². The fourth-order valence-corrected chi connectivity index (χ4v) is 2.73. The summed E-state index contributed by atoms with van der Waals surface area (Å²) in [6, 6.07) is 0. The highest BCUT2D eigenvalue weighted by Gasteiger charge is 2.63. The second-order valence-electron chi connectivity index (χ2n) is 4.79. The molecule has 2 fully saturated rings. The van der Waals surface area contributed by atoms with Gasteiger partial charge in [0.15, 0.2) is 0 Å². The zero-order chi connectivity index (χ0) is 8.22. The van der Waals surface area contributed by atoms with Crippen molar-refractivity contribution < 1.29 is 4.79 Å². The van der Waals surface area contributed by atoms with Crippen molar-refractivity contribution in [1.29, 1.82) is 0 Å². The highest BCUT2D eigenvalue weighted by Crippen LogP contribution is 2.64. The van der Waals surface area contributed by atoms with E-state index in [9.17, 15) is 4.79 Å². The lowest BCUT2D eigenvalue weighted by molar-refractivity contribution is -0.125. The third-order valence-electron chi connectivity index (χ3n) is 3.75. The molecule has 0 aromatic rings. The SMILES string of the molecule is C[C@@H]1CC[C@@H]2[C@H](C1=O)C2(C)C. The Labute approximate surface area is 68.2 Å². The Morgan fingerprint density at radius 2 is 2.00 bits per heavy atom. The van der Waals surface area contributed by atoms with E-state index in [-0.39, 0.29) is 0 Å². The summed E-state index contributed by atoms with van der Waals surface area (Å²) < 4.78 is 0. The van der Waals surface area contributed by atoms with E-state index in [2.05, 4.69) is 20.8 Å². The Hall–Kier alpha value is -0.330. The smallest absolute Gasteiger partial charge is 0.139 e. The van der Waals surface area contributed by atoms with Crippen LogP contribution in [-0.2, 0) is 4.79 Å². The first-order valence-electron chi connectivity index (χ1n) is 4.59. The van der Waals surface area contributed by atoms with Crippen LogP contribution in [0.3, 0.4) is 0 Å². The molecule has 0 N–H and O–H groups in total. The predicted octanol–water partition coefficient (Wildman–Crippen LogP) is 2.26. The van der Waals surface area contributed by atoms with E-state index in [1.807, 2.05) is 0 Å². The lowest BCUT2D eigenvalue weighted by atomic mass is 9.90. The maximum atomic E-state index is 11.6. The molecule has 0 aromatic heterocycles. The van der Waals surface area contributed by atoms with Crippen LogP contribution in [0, 0.1) is 23.2 Å². The molecular formula is C10H16O. The number of fused-ring (bicyclic) bond motifs is 1. The van der Waals surface area contributed by atoms with Crippen LogP contribution < -0.4 is 0 Å². The zero-order valence-corrected chi connectivity index (χ0v) is 7.55. The molecule has 0 aliphatic heterocycles. The maximum absolute atomic E-state index is 11.6. The number of rotatable bonds is 0. The topological polar surface area (TPSA) is 17.1 Å². The molecule has 11 heavy (non-hydrogen) atoms. The molecule has 62 valence electrons. The lowest BCUT2D eigenvalue weighted by Crippen LogP contribution is -2.19. The molecule has 2 aliphatic carbocycles. The molecule has 0 amide bonds. The molecule has 1 nitrogen and oxygen atoms in total. The van der Waals surface area contributed by atoms with Crippen molar-refractivity contribution in [2.24, 2.45) is 23.2 Å². The van der Waals surface area contributed by atoms with Gasteiger partial charge in [0.2, 0.25) is 0 Å². The van der Waals surface area contributed by atoms with Crippen LogP contribution >= 0.6 is 0 Å². The van der Waals surface area contributed by atoms with Crippen LogP contribution in [0.2, 0.25) is 0 Å². The van der Waals surface area contributed by atoms with E-state index in [0.29, 0.717) is 23.0 Å². The first-order valence-corrected chi connectivity index (χ1v) is 4.59. The van der Waals surface area contributed by atoms with Crippen LogP contribution in [0.15, 0.2) is 0 Å². The molecule has 2 rings (SSSR count). The van der Waals surface area contributed by atoms with Gasteiger partial charge in [-0.3, -0.25) is 4.79 Å². The molecule has 1 heteroatoms. The second kappa shape index (κ2) is 1.88. The van der Waals surface area contributed by atoms with E-state index < -0.39 is 0 Å². The highest BCUT2D eigenvalue weighted by atomic mass is 16.1. The minimum Gasteiger partial charge on any atom is -0.299 e. The van der Waals surface area contributed by atoms with Crippen LogP contribution in [0.4, 0.5) is 0 Å². The third kappa shape index (κ3) is 0.800. The van der Waals surface area contributed by atoms with Gasteiger partial charge in [0.05, 0.1) is 0 Å². The van der Waals surface area contributed by atoms with Gasteiger partial charge in [-0.1, -0.05) is 20.8 Å². The Morgan fingerprint density at radius 3 is 2.55 bits per heavy atom. The van der Waals surface area contributed by atoms with E-state index in [1.54, 1.807) is 0 Å². The molecule has 0 spiro atoms. The molecule has 0 heterocycles. The van der Waals surface area contributed by atoms with Gasteiger partial charge in [0, 0.05) is 11.8 Å². The summed E-state index contributed by atoms with van der Waals surface area (Å²) in [6.45, 7) is 6.55. The van der Waals surface area contributed by atoms with Crippen molar-refractivity contribution in [1.82, 2.24) is 0 Å². The molecule has 2 saturated carbocycles. The average Bonchev–Trinajstić information content (AvgIpc) is 2.46. The quantitative estimate of drug-likeness (QED) is 0.520. The summed E-state index contributed by atoms with van der Waals surface area (Å²) in [7, 11) is 0. The van der Waals surface area contributed by atoms with Crippen molar-refractivity contribution in [3.05, 3.63) is 0 Å². The highest BCUT2D eigenvalue weighted by molar-refractivity contribution is 5.88. The number of hydrogen-bond donors (Lipinski definition) is 0. The van der Waals surface area contributed by atoms with Crippen LogP contribution in [0.1, 0.15) is 33.6 Å². The Balaban J connectivity index is 2.19. The molecule has 0 bridgehead atoms. The van der Waals surface area contributed by atoms with Gasteiger partial charge in [-0.25, -0.2) is 0 Å². The lowest BCUT2D eigenvalue weighted by Gasteiger charge is -2.14. The standard InChI is InChI=1S/C10H16O/c1-6-4-5-7-8(9(6)11)10(7,2)3/h6-8H,4-5H2,1-3H3/t6-,7-,8-/m1/s1. The summed E-state index contributed by atoms with van der Waals surface area (Å²) in [5.74, 6) is 2.03. The van der Waals surface area contributed by atoms with Gasteiger partial charge in [-0.15, -0.1) is 0 Å². The number of ketones is 1. The number of carbonyl (C=O) groups is 1.